The van der Waals surface area contributed by atoms with Crippen LogP contribution in [0.2, 0.25) is 0 Å². The van der Waals surface area contributed by atoms with E-state index in [-0.39, 0.29) is 31.3 Å². The lowest BCUT2D eigenvalue weighted by Gasteiger charge is -2.21. The first-order chi connectivity index (χ1) is 13.1. The number of ether oxygens (including phenoxy) is 1. The Kier molecular flexibility index (Phi) is 6.82. The van der Waals surface area contributed by atoms with Crippen LogP contribution in [0.1, 0.15) is 54.0 Å². The number of esters is 1. The molecule has 0 unspecified atom stereocenters. The van der Waals surface area contributed by atoms with Crippen molar-refractivity contribution in [2.75, 3.05) is 13.2 Å². The highest BCUT2D eigenvalue weighted by Crippen LogP contribution is 2.29. The Morgan fingerprint density at radius 2 is 1.86 bits per heavy atom. The second kappa shape index (κ2) is 8.90. The van der Waals surface area contributed by atoms with Crippen LogP contribution in [0.5, 0.6) is 0 Å². The Morgan fingerprint density at radius 3 is 2.36 bits per heavy atom. The van der Waals surface area contributed by atoms with Crippen LogP contribution in [0, 0.1) is 0 Å². The number of carbonyl (C=O) groups excluding carboxylic acids is 2. The first kappa shape index (κ1) is 21.5. The van der Waals surface area contributed by atoms with Crippen molar-refractivity contribution in [1.29, 1.82) is 0 Å². The number of alkyl halides is 3. The maximum Gasteiger partial charge on any atom is 0.416 e. The summed E-state index contributed by atoms with van der Waals surface area (Å²) in [5.41, 5.74) is 0.549. The number of nitrogens with zero attached hydrogens (tertiary/aromatic N) is 2. The van der Waals surface area contributed by atoms with Crippen LogP contribution in [0.4, 0.5) is 13.2 Å². The standard InChI is InChI=1S/C19H22F3N3O3/c1-4-28-17(26)11-25(18(27)16-9-15(12(2)3)23-24-16)10-13-5-7-14(8-6-13)19(20,21)22/h5-9,12H,4,10-11H2,1-3H3,(H,23,24). The van der Waals surface area contributed by atoms with E-state index < -0.39 is 23.6 Å². The first-order valence-corrected chi connectivity index (χ1v) is 8.78. The Morgan fingerprint density at radius 1 is 1.21 bits per heavy atom. The highest BCUT2D eigenvalue weighted by Gasteiger charge is 2.30. The summed E-state index contributed by atoms with van der Waals surface area (Å²) >= 11 is 0. The molecule has 152 valence electrons. The van der Waals surface area contributed by atoms with Crippen LogP contribution in [0.25, 0.3) is 0 Å². The van der Waals surface area contributed by atoms with Gasteiger partial charge in [-0.15, -0.1) is 0 Å². The van der Waals surface area contributed by atoms with Gasteiger partial charge in [-0.05, 0) is 36.6 Å². The number of benzene rings is 1. The van der Waals surface area contributed by atoms with E-state index in [4.69, 9.17) is 4.74 Å². The van der Waals surface area contributed by atoms with Crippen molar-refractivity contribution in [3.05, 3.63) is 52.8 Å². The van der Waals surface area contributed by atoms with E-state index in [1.807, 2.05) is 13.8 Å². The minimum Gasteiger partial charge on any atom is -0.465 e. The summed E-state index contributed by atoms with van der Waals surface area (Å²) in [4.78, 5) is 25.9. The van der Waals surface area contributed by atoms with Crippen molar-refractivity contribution in [3.63, 3.8) is 0 Å². The summed E-state index contributed by atoms with van der Waals surface area (Å²) in [7, 11) is 0. The molecule has 0 fully saturated rings. The van der Waals surface area contributed by atoms with Gasteiger partial charge in [0.25, 0.3) is 5.91 Å². The summed E-state index contributed by atoms with van der Waals surface area (Å²) in [6, 6.07) is 6.02. The molecule has 9 heteroatoms. The molecule has 0 spiro atoms. The number of carbonyl (C=O) groups is 2. The number of hydrogen-bond donors (Lipinski definition) is 1. The molecular formula is C19H22F3N3O3. The van der Waals surface area contributed by atoms with E-state index in [0.717, 1.165) is 17.8 Å². The summed E-state index contributed by atoms with van der Waals surface area (Å²) in [5.74, 6) is -0.999. The van der Waals surface area contributed by atoms with Crippen molar-refractivity contribution in [1.82, 2.24) is 15.1 Å². The molecule has 28 heavy (non-hydrogen) atoms. The second-order valence-corrected chi connectivity index (χ2v) is 6.52. The van der Waals surface area contributed by atoms with Crippen molar-refractivity contribution in [2.45, 2.75) is 39.4 Å². The smallest absolute Gasteiger partial charge is 0.416 e. The van der Waals surface area contributed by atoms with Gasteiger partial charge in [-0.1, -0.05) is 26.0 Å². The molecule has 0 aliphatic rings. The Bertz CT molecular complexity index is 814. The molecule has 0 saturated carbocycles. The molecule has 0 aliphatic carbocycles. The largest absolute Gasteiger partial charge is 0.465 e. The van der Waals surface area contributed by atoms with Gasteiger partial charge < -0.3 is 9.64 Å². The van der Waals surface area contributed by atoms with Crippen molar-refractivity contribution in [2.24, 2.45) is 0 Å². The predicted molar refractivity (Wildman–Crippen MR) is 95.5 cm³/mol. The van der Waals surface area contributed by atoms with Gasteiger partial charge >= 0.3 is 12.1 Å². The molecule has 0 atom stereocenters. The highest BCUT2D eigenvalue weighted by atomic mass is 19.4. The molecule has 1 aromatic heterocycles. The minimum atomic E-state index is -4.44. The van der Waals surface area contributed by atoms with Crippen molar-refractivity contribution in [3.8, 4) is 0 Å². The fourth-order valence-electron chi connectivity index (χ4n) is 2.49. The molecule has 1 heterocycles. The fourth-order valence-corrected chi connectivity index (χ4v) is 2.49. The molecule has 6 nitrogen and oxygen atoms in total. The number of aromatic amines is 1. The van der Waals surface area contributed by atoms with E-state index in [9.17, 15) is 22.8 Å². The van der Waals surface area contributed by atoms with Gasteiger partial charge in [-0.2, -0.15) is 18.3 Å². The van der Waals surface area contributed by atoms with Crippen molar-refractivity contribution >= 4 is 11.9 Å². The Labute approximate surface area is 160 Å². The molecule has 0 radical (unpaired) electrons. The number of rotatable bonds is 7. The van der Waals surface area contributed by atoms with E-state index in [1.165, 1.54) is 17.0 Å². The number of halogens is 3. The summed E-state index contributed by atoms with van der Waals surface area (Å²) < 4.78 is 43.0. The quantitative estimate of drug-likeness (QED) is 0.722. The number of aromatic nitrogens is 2. The summed E-state index contributed by atoms with van der Waals surface area (Å²) in [6.07, 6.45) is -4.44. The second-order valence-electron chi connectivity index (χ2n) is 6.52. The van der Waals surface area contributed by atoms with Gasteiger partial charge in [0.2, 0.25) is 0 Å². The lowest BCUT2D eigenvalue weighted by Crippen LogP contribution is -2.36. The zero-order valence-corrected chi connectivity index (χ0v) is 15.8. The molecule has 0 aliphatic heterocycles. The molecule has 1 N–H and O–H groups in total. The third-order valence-electron chi connectivity index (χ3n) is 4.01. The monoisotopic (exact) mass is 397 g/mol. The minimum absolute atomic E-state index is 0.0559. The predicted octanol–water partition coefficient (Wildman–Crippen LogP) is 3.76. The number of H-pyrrole nitrogens is 1. The van der Waals surface area contributed by atoms with Crippen LogP contribution in [0.3, 0.4) is 0 Å². The Balaban J connectivity index is 2.23. The lowest BCUT2D eigenvalue weighted by molar-refractivity contribution is -0.144. The topological polar surface area (TPSA) is 75.3 Å². The molecule has 1 aromatic carbocycles. The van der Waals surface area contributed by atoms with Crippen LogP contribution >= 0.6 is 0 Å². The average Bonchev–Trinajstić information content (AvgIpc) is 3.11. The molecular weight excluding hydrogens is 375 g/mol. The average molecular weight is 397 g/mol. The Hall–Kier alpha value is -2.84. The number of hydrogen-bond acceptors (Lipinski definition) is 4. The number of nitrogens with one attached hydrogen (secondary N) is 1. The van der Waals surface area contributed by atoms with Crippen LogP contribution in [-0.4, -0.2) is 40.1 Å². The van der Waals surface area contributed by atoms with E-state index in [0.29, 0.717) is 5.56 Å². The van der Waals surface area contributed by atoms with Gasteiger partial charge in [0.1, 0.15) is 12.2 Å². The number of amides is 1. The molecule has 1 amide bonds. The molecule has 2 aromatic rings. The van der Waals surface area contributed by atoms with E-state index in [2.05, 4.69) is 10.2 Å². The van der Waals surface area contributed by atoms with Gasteiger partial charge in [0, 0.05) is 12.2 Å². The van der Waals surface area contributed by atoms with Crippen LogP contribution in [-0.2, 0) is 22.3 Å². The molecule has 0 saturated heterocycles. The summed E-state index contributed by atoms with van der Waals surface area (Å²) in [5, 5.41) is 6.75. The van der Waals surface area contributed by atoms with E-state index >= 15 is 0 Å². The van der Waals surface area contributed by atoms with Gasteiger partial charge in [0.05, 0.1) is 12.2 Å². The highest BCUT2D eigenvalue weighted by molar-refractivity contribution is 5.94. The first-order valence-electron chi connectivity index (χ1n) is 8.78. The SMILES string of the molecule is CCOC(=O)CN(Cc1ccc(C(F)(F)F)cc1)C(=O)c1cc(C(C)C)[nH]n1. The maximum absolute atomic E-state index is 12.8. The summed E-state index contributed by atoms with van der Waals surface area (Å²) in [6.45, 7) is 5.27. The third-order valence-corrected chi connectivity index (χ3v) is 4.01. The third kappa shape index (κ3) is 5.58. The van der Waals surface area contributed by atoms with Gasteiger partial charge in [-0.3, -0.25) is 14.7 Å². The van der Waals surface area contributed by atoms with Crippen LogP contribution < -0.4 is 0 Å². The zero-order chi connectivity index (χ0) is 20.9. The zero-order valence-electron chi connectivity index (χ0n) is 15.8. The van der Waals surface area contributed by atoms with E-state index in [1.54, 1.807) is 13.0 Å². The lowest BCUT2D eigenvalue weighted by atomic mass is 10.1. The van der Waals surface area contributed by atoms with Crippen LogP contribution in [0.15, 0.2) is 30.3 Å². The molecule has 0 bridgehead atoms. The maximum atomic E-state index is 12.8. The van der Waals surface area contributed by atoms with Crippen molar-refractivity contribution < 1.29 is 27.5 Å². The van der Waals surface area contributed by atoms with Gasteiger partial charge in [0.15, 0.2) is 0 Å². The normalized spacial score (nSPS) is 11.5. The molecule has 2 rings (SSSR count). The van der Waals surface area contributed by atoms with Gasteiger partial charge in [-0.25, -0.2) is 0 Å². The fraction of sp³-hybridized carbons (Fsp3) is 0.421.